The number of rotatable bonds is 9. The second kappa shape index (κ2) is 12.9. The van der Waals surface area contributed by atoms with Crippen molar-refractivity contribution in [3.05, 3.63) is 0 Å². The van der Waals surface area contributed by atoms with Gasteiger partial charge in [-0.05, 0) is 14.0 Å². The van der Waals surface area contributed by atoms with E-state index < -0.39 is 116 Å². The quantitative estimate of drug-likeness (QED) is 0.0884. The van der Waals surface area contributed by atoms with Crippen LogP contribution in [0.4, 0.5) is 0 Å². The van der Waals surface area contributed by atoms with E-state index in [1.54, 1.807) is 0 Å². The molecule has 1 aliphatic carbocycles. The van der Waals surface area contributed by atoms with Crippen LogP contribution in [0.25, 0.3) is 0 Å². The number of aliphatic imine (C=N–C) groups is 2. The molecule has 2 heterocycles. The monoisotopic (exact) mass is 583 g/mol. The molecule has 0 aromatic rings. The second-order valence-corrected chi connectivity index (χ2v) is 10.0. The van der Waals surface area contributed by atoms with Gasteiger partial charge in [-0.15, -0.1) is 0 Å². The molecule has 2 aliphatic heterocycles. The van der Waals surface area contributed by atoms with Crippen molar-refractivity contribution >= 4 is 11.9 Å². The topological polar surface area (TPSA) is 340 Å². The first-order valence-electron chi connectivity index (χ1n) is 12.5. The maximum absolute atomic E-state index is 11.3. The molecule has 3 aliphatic rings. The number of aliphatic hydroxyl groups excluding tert-OH is 7. The van der Waals surface area contributed by atoms with E-state index in [1.807, 2.05) is 0 Å². The van der Waals surface area contributed by atoms with Crippen molar-refractivity contribution in [2.24, 2.45) is 32.9 Å². The fourth-order valence-electron chi connectivity index (χ4n) is 5.17. The van der Waals surface area contributed by atoms with E-state index in [1.165, 1.54) is 14.0 Å². The van der Waals surface area contributed by atoms with Crippen molar-refractivity contribution in [3.63, 3.8) is 0 Å². The van der Waals surface area contributed by atoms with Gasteiger partial charge in [0.1, 0.15) is 66.5 Å². The first-order chi connectivity index (χ1) is 18.7. The Hall–Kier alpha value is -1.98. The van der Waals surface area contributed by atoms with Crippen molar-refractivity contribution in [2.45, 2.75) is 98.2 Å². The highest BCUT2D eigenvalue weighted by atomic mass is 16.8. The van der Waals surface area contributed by atoms with Crippen molar-refractivity contribution in [2.75, 3.05) is 20.3 Å². The third kappa shape index (κ3) is 6.11. The summed E-state index contributed by atoms with van der Waals surface area (Å²) >= 11 is 0. The molecule has 15 atom stereocenters. The van der Waals surface area contributed by atoms with Gasteiger partial charge in [-0.25, -0.2) is 9.98 Å². The average molecular weight is 584 g/mol. The zero-order valence-electron chi connectivity index (χ0n) is 21.9. The van der Waals surface area contributed by atoms with Crippen molar-refractivity contribution in [3.8, 4) is 0 Å². The van der Waals surface area contributed by atoms with E-state index in [2.05, 4.69) is 15.3 Å². The molecule has 19 heteroatoms. The molecule has 0 radical (unpaired) electrons. The Bertz CT molecular complexity index is 911. The van der Waals surface area contributed by atoms with Gasteiger partial charge < -0.3 is 88.1 Å². The smallest absolute Gasteiger partial charge is 0.187 e. The maximum Gasteiger partial charge on any atom is 0.187 e. The largest absolute Gasteiger partial charge is 0.394 e. The first kappa shape index (κ1) is 32.5. The lowest BCUT2D eigenvalue weighted by Crippen LogP contribution is -2.66. The van der Waals surface area contributed by atoms with Crippen LogP contribution in [0.3, 0.4) is 0 Å². The van der Waals surface area contributed by atoms with Gasteiger partial charge in [0, 0.05) is 0 Å². The molecule has 2 saturated heterocycles. The predicted molar refractivity (Wildman–Crippen MR) is 134 cm³/mol. The molecule has 1 saturated carbocycles. The summed E-state index contributed by atoms with van der Waals surface area (Å²) in [7, 11) is 1.44. The van der Waals surface area contributed by atoms with E-state index >= 15 is 0 Å². The Labute approximate surface area is 229 Å². The number of hydrogen-bond acceptors (Lipinski definition) is 15. The summed E-state index contributed by atoms with van der Waals surface area (Å²) in [6.45, 7) is -0.199. The fourth-order valence-corrected chi connectivity index (χ4v) is 5.17. The van der Waals surface area contributed by atoms with Gasteiger partial charge in [0.25, 0.3) is 0 Å². The van der Waals surface area contributed by atoms with Crippen LogP contribution < -0.4 is 28.3 Å². The van der Waals surface area contributed by atoms with Crippen LogP contribution in [0.5, 0.6) is 0 Å². The number of nitrogens with two attached hydrogens (primary N) is 4. The van der Waals surface area contributed by atoms with Gasteiger partial charge in [-0.3, -0.25) is 0 Å². The van der Waals surface area contributed by atoms with E-state index in [0.717, 1.165) is 0 Å². The number of guanidine groups is 2. The molecule has 40 heavy (non-hydrogen) atoms. The number of hydrogen-bond donors (Lipinski definition) is 13. The molecular weight excluding hydrogens is 542 g/mol. The fraction of sp³-hybridized carbons (Fsp3) is 0.905. The normalized spacial score (nSPS) is 47.5. The van der Waals surface area contributed by atoms with Gasteiger partial charge in [0.2, 0.25) is 0 Å². The third-order valence-corrected chi connectivity index (χ3v) is 7.49. The Kier molecular flexibility index (Phi) is 10.5. The van der Waals surface area contributed by atoms with Crippen LogP contribution in [0.2, 0.25) is 0 Å². The minimum absolute atomic E-state index is 0.493. The zero-order valence-corrected chi connectivity index (χ0v) is 21.9. The van der Waals surface area contributed by atoms with E-state index in [9.17, 15) is 40.9 Å². The highest BCUT2D eigenvalue weighted by molar-refractivity contribution is 5.76. The third-order valence-electron chi connectivity index (χ3n) is 7.49. The van der Waals surface area contributed by atoms with E-state index in [-0.39, 0.29) is 0 Å². The molecule has 0 spiro atoms. The van der Waals surface area contributed by atoms with Crippen molar-refractivity contribution in [1.29, 1.82) is 0 Å². The molecule has 12 unspecified atom stereocenters. The minimum Gasteiger partial charge on any atom is -0.394 e. The number of ether oxygens (including phenoxy) is 4. The Morgan fingerprint density at radius 1 is 0.825 bits per heavy atom. The number of nitrogens with one attached hydrogen (secondary N) is 1. The lowest BCUT2D eigenvalue weighted by atomic mass is 9.81. The lowest BCUT2D eigenvalue weighted by molar-refractivity contribution is -0.317. The summed E-state index contributed by atoms with van der Waals surface area (Å²) in [4.78, 5) is 7.66. The summed E-state index contributed by atoms with van der Waals surface area (Å²) in [5.74, 6) is -1.01. The average Bonchev–Trinajstić information content (AvgIpc) is 3.13. The number of likely N-dealkylation sites (N-methyl/N-ethyl adjacent to an activating group) is 1. The zero-order chi connectivity index (χ0) is 30.1. The van der Waals surface area contributed by atoms with Crippen LogP contribution in [-0.2, 0) is 18.9 Å². The highest BCUT2D eigenvalue weighted by Crippen LogP contribution is 2.39. The first-order valence-corrected chi connectivity index (χ1v) is 12.5. The second-order valence-electron chi connectivity index (χ2n) is 10.0. The molecule has 0 aromatic carbocycles. The summed E-state index contributed by atoms with van der Waals surface area (Å²) in [6.07, 6.45) is -16.9. The highest BCUT2D eigenvalue weighted by Gasteiger charge is 2.60. The Morgan fingerprint density at radius 3 is 1.95 bits per heavy atom. The molecule has 0 bridgehead atoms. The van der Waals surface area contributed by atoms with Gasteiger partial charge >= 0.3 is 0 Å². The van der Waals surface area contributed by atoms with Crippen LogP contribution in [0.15, 0.2) is 9.98 Å². The molecule has 17 N–H and O–H groups in total. The molecule has 19 nitrogen and oxygen atoms in total. The van der Waals surface area contributed by atoms with Gasteiger partial charge in [0.15, 0.2) is 24.5 Å². The van der Waals surface area contributed by atoms with Gasteiger partial charge in [-0.1, -0.05) is 0 Å². The lowest BCUT2D eigenvalue weighted by Gasteiger charge is -2.45. The number of nitrogens with zero attached hydrogens (tertiary/aromatic N) is 2. The minimum atomic E-state index is -2.15. The molecule has 0 aromatic heterocycles. The SMILES string of the molecule is CNC1C(O[C@H]2[C@H](OC3C(O)C(O)C(N=C(N)N)C(O)C3N=C(N)N)OC(C)[C@@]2(O)CO)OC(CO)C(O)C1O. The molecular formula is C21H41N7O12. The van der Waals surface area contributed by atoms with Crippen LogP contribution >= 0.6 is 0 Å². The maximum atomic E-state index is 11.3. The van der Waals surface area contributed by atoms with Crippen LogP contribution in [0, 0.1) is 0 Å². The predicted octanol–water partition coefficient (Wildman–Crippen LogP) is -8.37. The van der Waals surface area contributed by atoms with Crippen molar-refractivity contribution in [1.82, 2.24) is 5.32 Å². The molecule has 3 rings (SSSR count). The standard InChI is InChI=1S/C21H41N7O12/c1-5-21(36,4-30)16(40-17-9(26-2)13(34)10(31)6(3-29)38-17)18(37-5)39-15-8(28-20(24)25)11(32)7(27-19(22)23)12(33)14(15)35/h5-18,26,29-36H,3-4H2,1-2H3,(H4,22,23,27)(H4,24,25,28)/t5?,6?,7?,8?,9?,10?,11?,12?,13?,14?,15?,16-,17?,18-,21-/m0/s1. The van der Waals surface area contributed by atoms with E-state index in [0.29, 0.717) is 0 Å². The summed E-state index contributed by atoms with van der Waals surface area (Å²) in [6, 6.07) is -4.00. The summed E-state index contributed by atoms with van der Waals surface area (Å²) in [5.41, 5.74) is 19.7. The van der Waals surface area contributed by atoms with Gasteiger partial charge in [0.05, 0.1) is 25.4 Å². The van der Waals surface area contributed by atoms with Crippen LogP contribution in [-0.4, -0.2) is 164 Å². The van der Waals surface area contributed by atoms with Gasteiger partial charge in [-0.2, -0.15) is 0 Å². The number of aliphatic hydroxyl groups is 8. The summed E-state index contributed by atoms with van der Waals surface area (Å²) in [5, 5.41) is 87.0. The van der Waals surface area contributed by atoms with Crippen LogP contribution in [0.1, 0.15) is 6.92 Å². The molecule has 232 valence electrons. The Balaban J connectivity index is 1.96. The van der Waals surface area contributed by atoms with E-state index in [4.69, 9.17) is 41.9 Å². The molecule has 3 fully saturated rings. The molecule has 0 amide bonds. The Morgan fingerprint density at radius 2 is 1.43 bits per heavy atom. The van der Waals surface area contributed by atoms with Crippen molar-refractivity contribution < 1.29 is 59.8 Å². The summed E-state index contributed by atoms with van der Waals surface area (Å²) < 4.78 is 23.2.